The van der Waals surface area contributed by atoms with Crippen LogP contribution in [0, 0.1) is 5.92 Å². The van der Waals surface area contributed by atoms with Crippen molar-refractivity contribution in [2.24, 2.45) is 5.92 Å². The summed E-state index contributed by atoms with van der Waals surface area (Å²) in [5, 5.41) is 10.4. The van der Waals surface area contributed by atoms with Gasteiger partial charge in [-0.05, 0) is 50.5 Å². The smallest absolute Gasteiger partial charge is 0.305 e. The minimum absolute atomic E-state index is 0.0348. The lowest BCUT2D eigenvalue weighted by Crippen LogP contribution is -2.18. The third-order valence-corrected chi connectivity index (χ3v) is 5.58. The van der Waals surface area contributed by atoms with Crippen LogP contribution in [0.4, 0.5) is 0 Å². The molecule has 0 aliphatic rings. The van der Waals surface area contributed by atoms with Gasteiger partial charge in [-0.2, -0.15) is 0 Å². The number of rotatable bonds is 19. The predicted molar refractivity (Wildman–Crippen MR) is 120 cm³/mol. The number of aliphatic hydroxyl groups is 1. The SMILES string of the molecule is CCCCCCC(C)C(O)/C(C)=C\CCCCCCCC(=O)OCCCCC. The number of esters is 1. The van der Waals surface area contributed by atoms with Crippen LogP contribution < -0.4 is 0 Å². The lowest BCUT2D eigenvalue weighted by Gasteiger charge is -2.19. The zero-order valence-electron chi connectivity index (χ0n) is 19.3. The first-order chi connectivity index (χ1) is 13.5. The maximum absolute atomic E-state index is 11.6. The molecule has 28 heavy (non-hydrogen) atoms. The molecule has 0 spiro atoms. The van der Waals surface area contributed by atoms with E-state index in [0.717, 1.165) is 56.9 Å². The largest absolute Gasteiger partial charge is 0.466 e. The maximum atomic E-state index is 11.6. The van der Waals surface area contributed by atoms with Crippen molar-refractivity contribution in [3.8, 4) is 0 Å². The number of carbonyl (C=O) groups excluding carboxylic acids is 1. The Bertz CT molecular complexity index is 389. The zero-order valence-corrected chi connectivity index (χ0v) is 19.3. The number of hydrogen-bond donors (Lipinski definition) is 1. The molecular weight excluding hydrogens is 348 g/mol. The highest BCUT2D eigenvalue weighted by molar-refractivity contribution is 5.69. The lowest BCUT2D eigenvalue weighted by atomic mass is 9.92. The monoisotopic (exact) mass is 396 g/mol. The topological polar surface area (TPSA) is 46.5 Å². The van der Waals surface area contributed by atoms with Crippen molar-refractivity contribution in [3.05, 3.63) is 11.6 Å². The summed E-state index contributed by atoms with van der Waals surface area (Å²) >= 11 is 0. The summed E-state index contributed by atoms with van der Waals surface area (Å²) in [6, 6.07) is 0. The van der Waals surface area contributed by atoms with E-state index in [2.05, 4.69) is 33.8 Å². The highest BCUT2D eigenvalue weighted by atomic mass is 16.5. The van der Waals surface area contributed by atoms with Crippen molar-refractivity contribution in [1.82, 2.24) is 0 Å². The van der Waals surface area contributed by atoms with Crippen molar-refractivity contribution >= 4 is 5.97 Å². The van der Waals surface area contributed by atoms with Crippen LogP contribution >= 0.6 is 0 Å². The Morgan fingerprint density at radius 1 is 0.893 bits per heavy atom. The minimum Gasteiger partial charge on any atom is -0.466 e. The van der Waals surface area contributed by atoms with E-state index >= 15 is 0 Å². The second-order valence-electron chi connectivity index (χ2n) is 8.45. The molecule has 166 valence electrons. The van der Waals surface area contributed by atoms with E-state index < -0.39 is 0 Å². The van der Waals surface area contributed by atoms with Crippen LogP contribution in [0.3, 0.4) is 0 Å². The number of carbonyl (C=O) groups is 1. The molecule has 3 nitrogen and oxygen atoms in total. The molecule has 0 amide bonds. The van der Waals surface area contributed by atoms with Crippen molar-refractivity contribution < 1.29 is 14.6 Å². The van der Waals surface area contributed by atoms with Crippen LogP contribution in [0.5, 0.6) is 0 Å². The molecule has 0 fully saturated rings. The van der Waals surface area contributed by atoms with Gasteiger partial charge >= 0.3 is 5.97 Å². The molecule has 0 saturated heterocycles. The van der Waals surface area contributed by atoms with E-state index in [1.54, 1.807) is 0 Å². The third-order valence-electron chi connectivity index (χ3n) is 5.58. The molecular formula is C25H48O3. The second-order valence-corrected chi connectivity index (χ2v) is 8.45. The van der Waals surface area contributed by atoms with Crippen LogP contribution in [0.15, 0.2) is 11.6 Å². The van der Waals surface area contributed by atoms with Crippen LogP contribution in [0.2, 0.25) is 0 Å². The number of unbranched alkanes of at least 4 members (excludes halogenated alkanes) is 10. The summed E-state index contributed by atoms with van der Waals surface area (Å²) in [6.45, 7) is 9.20. The second kappa shape index (κ2) is 19.5. The van der Waals surface area contributed by atoms with Gasteiger partial charge in [0.25, 0.3) is 0 Å². The molecule has 3 heteroatoms. The summed E-state index contributed by atoms with van der Waals surface area (Å²) < 4.78 is 5.22. The number of aliphatic hydroxyl groups excluding tert-OH is 1. The van der Waals surface area contributed by atoms with Gasteiger partial charge in [0.05, 0.1) is 12.7 Å². The molecule has 0 aliphatic heterocycles. The molecule has 0 aromatic heterocycles. The Morgan fingerprint density at radius 3 is 2.21 bits per heavy atom. The fourth-order valence-corrected chi connectivity index (χ4v) is 3.50. The average Bonchev–Trinajstić information content (AvgIpc) is 2.69. The van der Waals surface area contributed by atoms with E-state index in [9.17, 15) is 9.90 Å². The molecule has 2 unspecified atom stereocenters. The van der Waals surface area contributed by atoms with Crippen LogP contribution in [-0.2, 0) is 9.53 Å². The Hall–Kier alpha value is -0.830. The third kappa shape index (κ3) is 16.2. The molecule has 0 bridgehead atoms. The number of ether oxygens (including phenoxy) is 1. The van der Waals surface area contributed by atoms with E-state index in [0.29, 0.717) is 18.9 Å². The summed E-state index contributed by atoms with van der Waals surface area (Å²) in [5.41, 5.74) is 1.13. The van der Waals surface area contributed by atoms with Gasteiger partial charge in [-0.3, -0.25) is 4.79 Å². The highest BCUT2D eigenvalue weighted by Crippen LogP contribution is 2.20. The van der Waals surface area contributed by atoms with E-state index in [4.69, 9.17) is 4.74 Å². The molecule has 0 radical (unpaired) electrons. The first-order valence-corrected chi connectivity index (χ1v) is 12.0. The fourth-order valence-electron chi connectivity index (χ4n) is 3.50. The Kier molecular flexibility index (Phi) is 18.9. The van der Waals surface area contributed by atoms with E-state index in [1.807, 2.05) is 0 Å². The van der Waals surface area contributed by atoms with E-state index in [1.165, 1.54) is 38.5 Å². The number of hydrogen-bond acceptors (Lipinski definition) is 3. The minimum atomic E-state index is -0.287. The Balaban J connectivity index is 3.64. The quantitative estimate of drug-likeness (QED) is 0.141. The van der Waals surface area contributed by atoms with Crippen LogP contribution in [-0.4, -0.2) is 23.8 Å². The molecule has 1 N–H and O–H groups in total. The van der Waals surface area contributed by atoms with Gasteiger partial charge in [-0.25, -0.2) is 0 Å². The fraction of sp³-hybridized carbons (Fsp3) is 0.880. The van der Waals surface area contributed by atoms with Gasteiger partial charge in [0.1, 0.15) is 0 Å². The van der Waals surface area contributed by atoms with Gasteiger partial charge in [-0.1, -0.05) is 84.6 Å². The molecule has 0 heterocycles. The summed E-state index contributed by atoms with van der Waals surface area (Å²) in [7, 11) is 0. The van der Waals surface area contributed by atoms with Gasteiger partial charge in [0.15, 0.2) is 0 Å². The summed E-state index contributed by atoms with van der Waals surface area (Å²) in [5.74, 6) is 0.322. The zero-order chi connectivity index (χ0) is 21.0. The van der Waals surface area contributed by atoms with Gasteiger partial charge in [-0.15, -0.1) is 0 Å². The van der Waals surface area contributed by atoms with Crippen molar-refractivity contribution in [1.29, 1.82) is 0 Å². The van der Waals surface area contributed by atoms with E-state index in [-0.39, 0.29) is 12.1 Å². The lowest BCUT2D eigenvalue weighted by molar-refractivity contribution is -0.143. The van der Waals surface area contributed by atoms with Crippen LogP contribution in [0.1, 0.15) is 124 Å². The first-order valence-electron chi connectivity index (χ1n) is 12.0. The van der Waals surface area contributed by atoms with Gasteiger partial charge in [0, 0.05) is 6.42 Å². The normalized spacial score (nSPS) is 14.1. The molecule has 0 saturated carbocycles. The molecule has 0 rings (SSSR count). The molecule has 2 atom stereocenters. The Morgan fingerprint density at radius 2 is 1.50 bits per heavy atom. The summed E-state index contributed by atoms with van der Waals surface area (Å²) in [4.78, 5) is 11.6. The summed E-state index contributed by atoms with van der Waals surface area (Å²) in [6.07, 6.45) is 18.6. The Labute approximate surface area is 175 Å². The predicted octanol–water partition coefficient (Wildman–Crippen LogP) is 7.36. The van der Waals surface area contributed by atoms with Gasteiger partial charge in [0.2, 0.25) is 0 Å². The van der Waals surface area contributed by atoms with Crippen molar-refractivity contribution in [3.63, 3.8) is 0 Å². The van der Waals surface area contributed by atoms with Crippen molar-refractivity contribution in [2.75, 3.05) is 6.61 Å². The molecule has 0 aliphatic carbocycles. The first kappa shape index (κ1) is 27.2. The van der Waals surface area contributed by atoms with Gasteiger partial charge < -0.3 is 9.84 Å². The standard InChI is InChI=1S/C25H48O3/c1-5-7-9-14-18-22(3)25(27)23(4)19-15-12-10-11-13-16-20-24(26)28-21-17-8-6-2/h19,22,25,27H,5-18,20-21H2,1-4H3/b23-19-. The maximum Gasteiger partial charge on any atom is 0.305 e. The van der Waals surface area contributed by atoms with Crippen molar-refractivity contribution in [2.45, 2.75) is 130 Å². The van der Waals surface area contributed by atoms with Crippen LogP contribution in [0.25, 0.3) is 0 Å². The number of allylic oxidation sites excluding steroid dienone is 1. The average molecular weight is 397 g/mol. The molecule has 0 aromatic rings. The highest BCUT2D eigenvalue weighted by Gasteiger charge is 2.15. The molecule has 0 aromatic carbocycles.